The fraction of sp³-hybridized carbons (Fsp3) is 0.609. The van der Waals surface area contributed by atoms with Gasteiger partial charge in [0.1, 0.15) is 47.6 Å². The summed E-state index contributed by atoms with van der Waals surface area (Å²) >= 11 is 0. The summed E-state index contributed by atoms with van der Waals surface area (Å²) in [5, 5.41) is 19.5. The molecule has 1 aromatic carbocycles. The highest BCUT2D eigenvalue weighted by atomic mass is 32.2. The van der Waals surface area contributed by atoms with E-state index in [1.165, 1.54) is 24.0 Å². The number of rotatable bonds is 31. The van der Waals surface area contributed by atoms with Crippen molar-refractivity contribution < 1.29 is 61.0 Å². The Morgan fingerprint density at radius 3 is 2.17 bits per heavy atom. The number of primary amides is 1. The summed E-state index contributed by atoms with van der Waals surface area (Å²) in [4.78, 5) is 101. The number of amides is 8. The van der Waals surface area contributed by atoms with Crippen molar-refractivity contribution in [3.63, 3.8) is 0 Å². The zero-order chi connectivity index (χ0) is 52.2. The summed E-state index contributed by atoms with van der Waals surface area (Å²) in [6.45, 7) is 12.3. The van der Waals surface area contributed by atoms with Crippen molar-refractivity contribution in [3.05, 3.63) is 53.9 Å². The molecule has 6 N–H and O–H groups in total. The maximum atomic E-state index is 13.3. The van der Waals surface area contributed by atoms with Gasteiger partial charge in [-0.1, -0.05) is 37.6 Å². The third kappa shape index (κ3) is 21.2. The van der Waals surface area contributed by atoms with Crippen LogP contribution in [0.15, 0.2) is 42.6 Å². The zero-order valence-electron chi connectivity index (χ0n) is 41.4. The number of sulfone groups is 1. The topological polar surface area (TPSA) is 310 Å². The van der Waals surface area contributed by atoms with E-state index in [1.807, 2.05) is 27.7 Å². The molecule has 2 aromatic rings. The van der Waals surface area contributed by atoms with Gasteiger partial charge in [-0.15, -0.1) is 5.10 Å². The number of unbranched alkanes of at least 4 members (excludes halogenated alkanes) is 2. The standard InChI is InChI=1S/C46H70N10O13S/c1-31(2)41(43(63)49-32(3)42(62)50-34-15-13-33(14-16-34)28-68-44(64)54(23-25-70(8,65)66)30-67-29-36(47)57)51-38(59)19-20-46(6,7)69-24-21-45(4,5)56-27-35(52-53-56)26-48-37(58)12-10-9-11-22-55-39(60)17-18-40(55)61/h13-18,27,31-32,41H,9-12,19-26,28-30H2,1-8H3,(H2,47,57)(H,48,58)(H,49,63)(H,50,62)(H,51,59)/t32?,41-/m0/s1. The average molecular weight is 1000 g/mol. The fourth-order valence-corrected chi connectivity index (χ4v) is 7.13. The molecule has 0 aliphatic carbocycles. The van der Waals surface area contributed by atoms with E-state index in [9.17, 15) is 46.8 Å². The number of nitrogens with two attached hydrogens (primary N) is 1. The van der Waals surface area contributed by atoms with Crippen molar-refractivity contribution in [2.24, 2.45) is 11.7 Å². The number of imide groups is 1. The quantitative estimate of drug-likeness (QED) is 0.0409. The van der Waals surface area contributed by atoms with Gasteiger partial charge < -0.3 is 41.2 Å². The number of aromatic nitrogens is 3. The lowest BCUT2D eigenvalue weighted by Crippen LogP contribution is -2.53. The number of ether oxygens (including phenoxy) is 3. The normalized spacial score (nSPS) is 13.8. The van der Waals surface area contributed by atoms with Crippen LogP contribution in [0.3, 0.4) is 0 Å². The SMILES string of the molecule is CC(NC(=O)[C@@H](NC(=O)CCC(C)(C)OCCC(C)(C)n1cc(CNC(=O)CCCCCN2C(=O)C=CC2=O)nn1)C(C)C)C(=O)Nc1ccc(COC(=O)N(CCS(C)(=O)=O)COCC(N)=O)cc1. The molecule has 8 amide bonds. The molecule has 0 saturated carbocycles. The first kappa shape index (κ1) is 58.0. The highest BCUT2D eigenvalue weighted by Gasteiger charge is 2.30. The molecule has 1 aliphatic heterocycles. The smallest absolute Gasteiger partial charge is 0.411 e. The fourth-order valence-electron chi connectivity index (χ4n) is 6.58. The molecule has 24 heteroatoms. The Kier molecular flexibility index (Phi) is 22.6. The van der Waals surface area contributed by atoms with E-state index in [0.29, 0.717) is 68.6 Å². The Morgan fingerprint density at radius 1 is 0.871 bits per heavy atom. The Labute approximate surface area is 409 Å². The van der Waals surface area contributed by atoms with Crippen LogP contribution in [0.1, 0.15) is 105 Å². The van der Waals surface area contributed by atoms with Gasteiger partial charge in [0.25, 0.3) is 11.8 Å². The van der Waals surface area contributed by atoms with Crippen molar-refractivity contribution in [2.75, 3.05) is 50.4 Å². The molecule has 0 fully saturated rings. The molecule has 0 radical (unpaired) electrons. The van der Waals surface area contributed by atoms with Crippen molar-refractivity contribution >= 4 is 63.0 Å². The van der Waals surface area contributed by atoms with Gasteiger partial charge in [-0.3, -0.25) is 43.4 Å². The Morgan fingerprint density at radius 2 is 1.54 bits per heavy atom. The van der Waals surface area contributed by atoms with Gasteiger partial charge >= 0.3 is 6.09 Å². The van der Waals surface area contributed by atoms with Crippen molar-refractivity contribution in [3.8, 4) is 0 Å². The molecule has 0 saturated heterocycles. The van der Waals surface area contributed by atoms with Crippen LogP contribution < -0.4 is 27.0 Å². The minimum atomic E-state index is -3.42. The number of hydrogen-bond acceptors (Lipinski definition) is 15. The molecule has 0 bridgehead atoms. The van der Waals surface area contributed by atoms with Crippen LogP contribution >= 0.6 is 0 Å². The second kappa shape index (κ2) is 27.2. The van der Waals surface area contributed by atoms with Gasteiger partial charge in [-0.2, -0.15) is 0 Å². The number of carbonyl (C=O) groups is 8. The van der Waals surface area contributed by atoms with E-state index >= 15 is 0 Å². The molecule has 1 aromatic heterocycles. The third-order valence-electron chi connectivity index (χ3n) is 11.1. The van der Waals surface area contributed by atoms with Gasteiger partial charge in [-0.05, 0) is 83.9 Å². The van der Waals surface area contributed by atoms with Gasteiger partial charge in [0.2, 0.25) is 29.5 Å². The van der Waals surface area contributed by atoms with Gasteiger partial charge in [0.05, 0.1) is 29.6 Å². The van der Waals surface area contributed by atoms with E-state index in [1.54, 1.807) is 49.0 Å². The highest BCUT2D eigenvalue weighted by molar-refractivity contribution is 7.90. The predicted octanol–water partition coefficient (Wildman–Crippen LogP) is 1.81. The summed E-state index contributed by atoms with van der Waals surface area (Å²) in [5.74, 6) is -3.62. The molecular formula is C46H70N10O13S. The molecule has 3 rings (SSSR count). The molecule has 0 spiro atoms. The zero-order valence-corrected chi connectivity index (χ0v) is 42.2. The van der Waals surface area contributed by atoms with Crippen molar-refractivity contribution in [1.29, 1.82) is 0 Å². The first-order chi connectivity index (χ1) is 32.7. The number of nitrogens with zero attached hydrogens (tertiary/aromatic N) is 5. The molecule has 1 unspecified atom stereocenters. The Bertz CT molecular complexity index is 2260. The van der Waals surface area contributed by atoms with Gasteiger partial charge in [0, 0.05) is 56.6 Å². The van der Waals surface area contributed by atoms with Crippen LogP contribution in [0.2, 0.25) is 0 Å². The van der Waals surface area contributed by atoms with Crippen LogP contribution in [-0.2, 0) is 76.3 Å². The van der Waals surface area contributed by atoms with E-state index in [4.69, 9.17) is 19.9 Å². The van der Waals surface area contributed by atoms with Crippen LogP contribution in [-0.4, -0.2) is 143 Å². The minimum Gasteiger partial charge on any atom is -0.444 e. The monoisotopic (exact) mass is 1000 g/mol. The van der Waals surface area contributed by atoms with Crippen molar-refractivity contribution in [1.82, 2.24) is 40.7 Å². The van der Waals surface area contributed by atoms with Crippen LogP contribution in [0, 0.1) is 5.92 Å². The van der Waals surface area contributed by atoms with Gasteiger partial charge in [0.15, 0.2) is 0 Å². The first-order valence-corrected chi connectivity index (χ1v) is 25.1. The first-order valence-electron chi connectivity index (χ1n) is 23.1. The van der Waals surface area contributed by atoms with E-state index < -0.39 is 70.2 Å². The molecule has 2 atom stereocenters. The number of anilines is 1. The Balaban J connectivity index is 1.37. The van der Waals surface area contributed by atoms with Crippen LogP contribution in [0.4, 0.5) is 10.5 Å². The number of carbonyl (C=O) groups excluding carboxylic acids is 8. The molecular weight excluding hydrogens is 933 g/mol. The number of hydrogen-bond donors (Lipinski definition) is 5. The van der Waals surface area contributed by atoms with Gasteiger partial charge in [-0.25, -0.2) is 17.9 Å². The Hall–Kier alpha value is -6.27. The lowest BCUT2D eigenvalue weighted by molar-refractivity contribution is -0.137. The van der Waals surface area contributed by atoms with Crippen LogP contribution in [0.5, 0.6) is 0 Å². The maximum absolute atomic E-state index is 13.3. The lowest BCUT2D eigenvalue weighted by atomic mass is 9.99. The van der Waals surface area contributed by atoms with E-state index in [0.717, 1.165) is 11.2 Å². The lowest BCUT2D eigenvalue weighted by Gasteiger charge is -2.30. The molecule has 23 nitrogen and oxygen atoms in total. The largest absolute Gasteiger partial charge is 0.444 e. The average Bonchev–Trinajstić information content (AvgIpc) is 3.90. The summed E-state index contributed by atoms with van der Waals surface area (Å²) in [6.07, 6.45) is 7.63. The summed E-state index contributed by atoms with van der Waals surface area (Å²) in [5.41, 5.74) is 5.39. The van der Waals surface area contributed by atoms with Crippen LogP contribution in [0.25, 0.3) is 0 Å². The summed E-state index contributed by atoms with van der Waals surface area (Å²) in [6, 6.07) is 4.40. The highest BCUT2D eigenvalue weighted by Crippen LogP contribution is 2.23. The molecule has 70 heavy (non-hydrogen) atoms. The van der Waals surface area contributed by atoms with E-state index in [2.05, 4.69) is 31.6 Å². The number of nitrogens with one attached hydrogen (secondary N) is 4. The summed E-state index contributed by atoms with van der Waals surface area (Å²) in [7, 11) is -3.42. The second-order valence-electron chi connectivity index (χ2n) is 18.7. The number of benzene rings is 1. The second-order valence-corrected chi connectivity index (χ2v) is 20.9. The minimum absolute atomic E-state index is 0.0709. The third-order valence-corrected chi connectivity index (χ3v) is 12.0. The molecule has 2 heterocycles. The molecule has 1 aliphatic rings. The van der Waals surface area contributed by atoms with Crippen molar-refractivity contribution in [2.45, 2.75) is 130 Å². The van der Waals surface area contributed by atoms with E-state index in [-0.39, 0.29) is 61.4 Å². The summed E-state index contributed by atoms with van der Waals surface area (Å²) < 4.78 is 41.5. The molecule has 388 valence electrons. The maximum Gasteiger partial charge on any atom is 0.411 e. The predicted molar refractivity (Wildman–Crippen MR) is 255 cm³/mol.